The van der Waals surface area contributed by atoms with Gasteiger partial charge in [0.1, 0.15) is 11.1 Å². The lowest BCUT2D eigenvalue weighted by atomic mass is 10.0. The molecule has 2 aliphatic rings. The molecular formula is C21H15Cl2FN4O2S. The van der Waals surface area contributed by atoms with Gasteiger partial charge in [-0.3, -0.25) is 9.78 Å². The van der Waals surface area contributed by atoms with E-state index in [0.29, 0.717) is 26.7 Å². The molecule has 2 aromatic rings. The molecule has 4 rings (SSSR count). The minimum absolute atomic E-state index is 0.106. The number of carbonyl (C=O) groups excluding carboxylic acids is 2. The number of hydrogen-bond donors (Lipinski definition) is 0. The molecule has 1 fully saturated rings. The van der Waals surface area contributed by atoms with Crippen molar-refractivity contribution in [3.8, 4) is 6.07 Å². The van der Waals surface area contributed by atoms with E-state index in [0.717, 1.165) is 4.90 Å². The highest BCUT2D eigenvalue weighted by molar-refractivity contribution is 8.09. The zero-order valence-electron chi connectivity index (χ0n) is 16.2. The number of thioether (sulfide) groups is 1. The highest BCUT2D eigenvalue weighted by Gasteiger charge is 2.50. The summed E-state index contributed by atoms with van der Waals surface area (Å²) < 4.78 is 13.5. The Hall–Kier alpha value is -2.60. The summed E-state index contributed by atoms with van der Waals surface area (Å²) in [6, 6.07) is 4.97. The van der Waals surface area contributed by atoms with Gasteiger partial charge in [-0.1, -0.05) is 23.2 Å². The number of nitrogens with zero attached hydrogens (tertiary/aromatic N) is 4. The van der Waals surface area contributed by atoms with Gasteiger partial charge in [0.2, 0.25) is 0 Å². The molecular weight excluding hydrogens is 462 g/mol. The van der Waals surface area contributed by atoms with Crippen LogP contribution in [0.1, 0.15) is 17.5 Å². The molecule has 0 radical (unpaired) electrons. The third kappa shape index (κ3) is 3.78. The standard InChI is InChI=1S/C21H15Cl2FN4O2S/c1-11-15(23)9-26-10-17(11)28-20(29)19-16(27(21(28)30)6-2-5-25)8-18(31-19)13-4-3-12(24)7-14(13)22/h3-4,7-10,16,19H,2,6H2,1H3. The number of halogens is 3. The Morgan fingerprint density at radius 2 is 2.03 bits per heavy atom. The molecule has 0 saturated carbocycles. The molecule has 6 nitrogen and oxygen atoms in total. The molecule has 0 bridgehead atoms. The van der Waals surface area contributed by atoms with E-state index in [9.17, 15) is 14.0 Å². The van der Waals surface area contributed by atoms with Gasteiger partial charge in [0, 0.05) is 23.2 Å². The van der Waals surface area contributed by atoms with Crippen LogP contribution >= 0.6 is 35.0 Å². The minimum Gasteiger partial charge on any atom is -0.315 e. The Labute approximate surface area is 192 Å². The number of urea groups is 1. The summed E-state index contributed by atoms with van der Waals surface area (Å²) in [5, 5.41) is 8.96. The summed E-state index contributed by atoms with van der Waals surface area (Å²) in [6.45, 7) is 1.85. The van der Waals surface area contributed by atoms with Gasteiger partial charge < -0.3 is 4.90 Å². The van der Waals surface area contributed by atoms with E-state index in [4.69, 9.17) is 28.5 Å². The predicted molar refractivity (Wildman–Crippen MR) is 118 cm³/mol. The topological polar surface area (TPSA) is 77.3 Å². The molecule has 2 atom stereocenters. The molecule has 2 unspecified atom stereocenters. The van der Waals surface area contributed by atoms with Gasteiger partial charge in [0.05, 0.1) is 40.5 Å². The number of imide groups is 1. The van der Waals surface area contributed by atoms with E-state index in [1.54, 1.807) is 19.1 Å². The van der Waals surface area contributed by atoms with Crippen molar-refractivity contribution in [2.24, 2.45) is 0 Å². The van der Waals surface area contributed by atoms with E-state index >= 15 is 0 Å². The smallest absolute Gasteiger partial charge is 0.315 e. The Bertz CT molecular complexity index is 1170. The van der Waals surface area contributed by atoms with Crippen molar-refractivity contribution >= 4 is 57.5 Å². The predicted octanol–water partition coefficient (Wildman–Crippen LogP) is 5.04. The van der Waals surface area contributed by atoms with Crippen LogP contribution in [0.3, 0.4) is 0 Å². The van der Waals surface area contributed by atoms with Crippen LogP contribution in [0.2, 0.25) is 10.0 Å². The first-order valence-corrected chi connectivity index (χ1v) is 10.9. The first-order valence-electron chi connectivity index (χ1n) is 9.29. The van der Waals surface area contributed by atoms with E-state index in [1.807, 2.05) is 6.07 Å². The average molecular weight is 477 g/mol. The Morgan fingerprint density at radius 3 is 2.74 bits per heavy atom. The van der Waals surface area contributed by atoms with Crippen LogP contribution in [0.15, 0.2) is 36.7 Å². The van der Waals surface area contributed by atoms with Crippen LogP contribution in [0.25, 0.3) is 4.91 Å². The number of nitriles is 1. The number of aromatic nitrogens is 1. The van der Waals surface area contributed by atoms with Crippen molar-refractivity contribution in [1.82, 2.24) is 9.88 Å². The number of anilines is 1. The van der Waals surface area contributed by atoms with Gasteiger partial charge in [-0.2, -0.15) is 5.26 Å². The number of amides is 3. The maximum atomic E-state index is 13.5. The SMILES string of the molecule is Cc1c(Cl)cncc1N1C(=O)C2SC(c3ccc(F)cc3Cl)=CC2N(CCC#N)C1=O. The number of fused-ring (bicyclic) bond motifs is 1. The monoisotopic (exact) mass is 476 g/mol. The van der Waals surface area contributed by atoms with Crippen LogP contribution in [-0.4, -0.2) is 39.7 Å². The van der Waals surface area contributed by atoms with Gasteiger partial charge in [0.15, 0.2) is 0 Å². The number of rotatable bonds is 4. The first kappa shape index (κ1) is 21.6. The number of hydrogen-bond acceptors (Lipinski definition) is 5. The van der Waals surface area contributed by atoms with Gasteiger partial charge in [-0.25, -0.2) is 14.1 Å². The second-order valence-corrected chi connectivity index (χ2v) is 9.01. The van der Waals surface area contributed by atoms with Crippen molar-refractivity contribution < 1.29 is 14.0 Å². The molecule has 3 amide bonds. The van der Waals surface area contributed by atoms with Gasteiger partial charge in [-0.05, 0) is 36.8 Å². The molecule has 1 aromatic heterocycles. The first-order chi connectivity index (χ1) is 14.8. The van der Waals surface area contributed by atoms with Crippen LogP contribution in [0, 0.1) is 24.1 Å². The van der Waals surface area contributed by atoms with Crippen molar-refractivity contribution in [3.63, 3.8) is 0 Å². The minimum atomic E-state index is -0.647. The third-order valence-corrected chi connectivity index (χ3v) is 7.21. The van der Waals surface area contributed by atoms with Gasteiger partial charge >= 0.3 is 6.03 Å². The second kappa shape index (κ2) is 8.50. The summed E-state index contributed by atoms with van der Waals surface area (Å²) in [7, 11) is 0. The van der Waals surface area contributed by atoms with Crippen LogP contribution in [0.4, 0.5) is 14.9 Å². The molecule has 10 heteroatoms. The fraction of sp³-hybridized carbons (Fsp3) is 0.238. The molecule has 0 N–H and O–H groups in total. The molecule has 31 heavy (non-hydrogen) atoms. The average Bonchev–Trinajstić information content (AvgIpc) is 3.16. The highest BCUT2D eigenvalue weighted by Crippen LogP contribution is 2.47. The molecule has 2 aliphatic heterocycles. The molecule has 158 valence electrons. The quantitative estimate of drug-likeness (QED) is 0.617. The summed E-state index contributed by atoms with van der Waals surface area (Å²) in [4.78, 5) is 34.0. The Morgan fingerprint density at radius 1 is 1.26 bits per heavy atom. The maximum Gasteiger partial charge on any atom is 0.332 e. The number of carbonyl (C=O) groups is 2. The van der Waals surface area contributed by atoms with Crippen molar-refractivity contribution in [3.05, 3.63) is 63.7 Å². The number of pyridine rings is 1. The zero-order valence-corrected chi connectivity index (χ0v) is 18.5. The zero-order chi connectivity index (χ0) is 22.3. The molecule has 1 saturated heterocycles. The molecule has 0 aliphatic carbocycles. The van der Waals surface area contributed by atoms with Crippen LogP contribution in [0.5, 0.6) is 0 Å². The summed E-state index contributed by atoms with van der Waals surface area (Å²) in [6.07, 6.45) is 4.75. The Balaban J connectivity index is 1.76. The van der Waals surface area contributed by atoms with E-state index < -0.39 is 29.0 Å². The lowest BCUT2D eigenvalue weighted by Gasteiger charge is -2.41. The van der Waals surface area contributed by atoms with Crippen LogP contribution in [-0.2, 0) is 4.79 Å². The number of benzene rings is 1. The van der Waals surface area contributed by atoms with Crippen LogP contribution < -0.4 is 4.90 Å². The lowest BCUT2D eigenvalue weighted by Crippen LogP contribution is -2.62. The van der Waals surface area contributed by atoms with Gasteiger partial charge in [-0.15, -0.1) is 11.8 Å². The van der Waals surface area contributed by atoms with E-state index in [-0.39, 0.29) is 18.0 Å². The highest BCUT2D eigenvalue weighted by atomic mass is 35.5. The van der Waals surface area contributed by atoms with Crippen molar-refractivity contribution in [2.75, 3.05) is 11.4 Å². The van der Waals surface area contributed by atoms with E-state index in [1.165, 1.54) is 41.2 Å². The molecule has 3 heterocycles. The summed E-state index contributed by atoms with van der Waals surface area (Å²) in [5.74, 6) is -0.878. The normalized spacial score (nSPS) is 20.5. The fourth-order valence-electron chi connectivity index (χ4n) is 3.61. The second-order valence-electron chi connectivity index (χ2n) is 7.01. The van der Waals surface area contributed by atoms with Crippen molar-refractivity contribution in [2.45, 2.75) is 24.6 Å². The van der Waals surface area contributed by atoms with E-state index in [2.05, 4.69) is 4.98 Å². The maximum absolute atomic E-state index is 13.5. The Kier molecular flexibility index (Phi) is 5.93. The summed E-state index contributed by atoms with van der Waals surface area (Å²) in [5.41, 5.74) is 1.43. The van der Waals surface area contributed by atoms with Crippen molar-refractivity contribution in [1.29, 1.82) is 5.26 Å². The molecule has 0 spiro atoms. The largest absolute Gasteiger partial charge is 0.332 e. The van der Waals surface area contributed by atoms with Gasteiger partial charge in [0.25, 0.3) is 5.91 Å². The summed E-state index contributed by atoms with van der Waals surface area (Å²) >= 11 is 13.6. The lowest BCUT2D eigenvalue weighted by molar-refractivity contribution is -0.119. The fourth-order valence-corrected chi connectivity index (χ4v) is 5.46. The molecule has 1 aromatic carbocycles. The third-order valence-electron chi connectivity index (χ3n) is 5.18.